The molecule has 0 saturated carbocycles. The van der Waals surface area contributed by atoms with Crippen molar-refractivity contribution in [2.45, 2.75) is 31.8 Å². The van der Waals surface area contributed by atoms with Crippen molar-refractivity contribution in [3.63, 3.8) is 0 Å². The number of likely N-dealkylation sites (tertiary alicyclic amines) is 1. The molecule has 1 aromatic carbocycles. The van der Waals surface area contributed by atoms with E-state index in [1.54, 1.807) is 4.90 Å². The zero-order valence-corrected chi connectivity index (χ0v) is 12.7. The Morgan fingerprint density at radius 2 is 2.27 bits per heavy atom. The lowest BCUT2D eigenvalue weighted by Gasteiger charge is -2.37. The van der Waals surface area contributed by atoms with Gasteiger partial charge in [0.25, 0.3) is 5.91 Å². The molecule has 22 heavy (non-hydrogen) atoms. The minimum atomic E-state index is -1.19. The van der Waals surface area contributed by atoms with Gasteiger partial charge in [0.2, 0.25) is 0 Å². The summed E-state index contributed by atoms with van der Waals surface area (Å²) in [4.78, 5) is 14.4. The summed E-state index contributed by atoms with van der Waals surface area (Å²) < 4.78 is 5.48. The molecule has 0 aliphatic carbocycles. The summed E-state index contributed by atoms with van der Waals surface area (Å²) in [6, 6.07) is 5.85. The molecule has 1 aliphatic rings. The van der Waals surface area contributed by atoms with Crippen molar-refractivity contribution in [1.29, 1.82) is 0 Å². The van der Waals surface area contributed by atoms with E-state index in [0.717, 1.165) is 17.4 Å². The average Bonchev–Trinajstić information content (AvgIpc) is 2.97. The van der Waals surface area contributed by atoms with E-state index in [1.807, 2.05) is 18.2 Å². The molecule has 3 rings (SSSR count). The molecular formula is C17H21NO4. The molecule has 1 aliphatic heterocycles. The van der Waals surface area contributed by atoms with Crippen LogP contribution in [-0.4, -0.2) is 46.3 Å². The Kier molecular flexibility index (Phi) is 3.93. The molecule has 0 bridgehead atoms. The van der Waals surface area contributed by atoms with Gasteiger partial charge in [0.05, 0.1) is 18.7 Å². The van der Waals surface area contributed by atoms with E-state index in [2.05, 4.69) is 6.92 Å². The highest BCUT2D eigenvalue weighted by Crippen LogP contribution is 2.27. The van der Waals surface area contributed by atoms with Gasteiger partial charge in [-0.15, -0.1) is 0 Å². The van der Waals surface area contributed by atoms with Crippen LogP contribution in [-0.2, 0) is 6.42 Å². The predicted octanol–water partition coefficient (Wildman–Crippen LogP) is 1.95. The molecule has 118 valence electrons. The van der Waals surface area contributed by atoms with Gasteiger partial charge in [-0.1, -0.05) is 13.0 Å². The maximum Gasteiger partial charge on any atom is 0.257 e. The molecule has 1 fully saturated rings. The van der Waals surface area contributed by atoms with Gasteiger partial charge in [-0.25, -0.2) is 0 Å². The van der Waals surface area contributed by atoms with Crippen molar-refractivity contribution in [2.75, 3.05) is 19.7 Å². The van der Waals surface area contributed by atoms with Crippen molar-refractivity contribution in [1.82, 2.24) is 4.90 Å². The highest BCUT2D eigenvalue weighted by Gasteiger charge is 2.35. The second-order valence-electron chi connectivity index (χ2n) is 6.05. The number of β-amino-alcohol motifs (C(OH)–C–C–N with tert-alkyl or cyclic N) is 1. The summed E-state index contributed by atoms with van der Waals surface area (Å²) in [5.41, 5.74) is 1.16. The fourth-order valence-electron chi connectivity index (χ4n) is 3.05. The van der Waals surface area contributed by atoms with Crippen molar-refractivity contribution < 1.29 is 19.4 Å². The van der Waals surface area contributed by atoms with E-state index in [0.29, 0.717) is 30.5 Å². The summed E-state index contributed by atoms with van der Waals surface area (Å²) in [6.07, 6.45) is 3.57. The number of piperidine rings is 1. The Labute approximate surface area is 129 Å². The van der Waals surface area contributed by atoms with Crippen LogP contribution in [0.1, 0.15) is 35.7 Å². The van der Waals surface area contributed by atoms with Crippen LogP contribution in [0, 0.1) is 0 Å². The molecular weight excluding hydrogens is 282 g/mol. The Morgan fingerprint density at radius 3 is 3.00 bits per heavy atom. The molecule has 0 spiro atoms. The van der Waals surface area contributed by atoms with E-state index >= 15 is 0 Å². The maximum atomic E-state index is 12.8. The molecule has 1 atom stereocenters. The van der Waals surface area contributed by atoms with Crippen molar-refractivity contribution >= 4 is 16.9 Å². The lowest BCUT2D eigenvalue weighted by molar-refractivity contribution is -0.0598. The van der Waals surface area contributed by atoms with Crippen LogP contribution in [0.2, 0.25) is 0 Å². The monoisotopic (exact) mass is 303 g/mol. The first-order valence-corrected chi connectivity index (χ1v) is 7.69. The Bertz CT molecular complexity index is 693. The van der Waals surface area contributed by atoms with Crippen LogP contribution in [0.4, 0.5) is 0 Å². The largest absolute Gasteiger partial charge is 0.463 e. The first-order chi connectivity index (χ1) is 10.6. The van der Waals surface area contributed by atoms with Crippen LogP contribution >= 0.6 is 0 Å². The lowest BCUT2D eigenvalue weighted by Crippen LogP contribution is -2.52. The highest BCUT2D eigenvalue weighted by molar-refractivity contribution is 6.06. The Morgan fingerprint density at radius 1 is 1.45 bits per heavy atom. The third-order valence-corrected chi connectivity index (χ3v) is 4.41. The topological polar surface area (TPSA) is 73.9 Å². The van der Waals surface area contributed by atoms with E-state index in [9.17, 15) is 15.0 Å². The highest BCUT2D eigenvalue weighted by atomic mass is 16.3. The minimum Gasteiger partial charge on any atom is -0.463 e. The summed E-state index contributed by atoms with van der Waals surface area (Å²) in [6.45, 7) is 2.47. The second-order valence-corrected chi connectivity index (χ2v) is 6.05. The van der Waals surface area contributed by atoms with Gasteiger partial charge in [-0.3, -0.25) is 4.79 Å². The lowest BCUT2D eigenvalue weighted by atomic mass is 9.93. The fourth-order valence-corrected chi connectivity index (χ4v) is 3.05. The normalized spacial score (nSPS) is 22.2. The summed E-state index contributed by atoms with van der Waals surface area (Å²) in [5.74, 6) is -0.154. The molecule has 5 heteroatoms. The minimum absolute atomic E-state index is 0.154. The fraction of sp³-hybridized carbons (Fsp3) is 0.471. The van der Waals surface area contributed by atoms with Crippen molar-refractivity contribution in [3.8, 4) is 0 Å². The SMILES string of the molecule is CCc1ccc2occ(C(=O)N3CCCC(O)(CO)C3)c2c1. The first kappa shape index (κ1) is 15.1. The molecule has 1 unspecified atom stereocenters. The van der Waals surface area contributed by atoms with Gasteiger partial charge in [-0.2, -0.15) is 0 Å². The quantitative estimate of drug-likeness (QED) is 0.909. The number of aliphatic hydroxyl groups excluding tert-OH is 1. The molecule has 2 heterocycles. The van der Waals surface area contributed by atoms with E-state index in [-0.39, 0.29) is 19.1 Å². The Balaban J connectivity index is 1.92. The van der Waals surface area contributed by atoms with Gasteiger partial charge in [0.15, 0.2) is 0 Å². The molecule has 1 aromatic heterocycles. The average molecular weight is 303 g/mol. The van der Waals surface area contributed by atoms with Gasteiger partial charge in [0.1, 0.15) is 17.4 Å². The summed E-state index contributed by atoms with van der Waals surface area (Å²) in [7, 11) is 0. The number of aryl methyl sites for hydroxylation is 1. The zero-order valence-electron chi connectivity index (χ0n) is 12.7. The number of nitrogens with zero attached hydrogens (tertiary/aromatic N) is 1. The smallest absolute Gasteiger partial charge is 0.257 e. The summed E-state index contributed by atoms with van der Waals surface area (Å²) in [5, 5.41) is 20.3. The van der Waals surface area contributed by atoms with Crippen LogP contribution in [0.5, 0.6) is 0 Å². The van der Waals surface area contributed by atoms with Crippen LogP contribution in [0.25, 0.3) is 11.0 Å². The molecule has 2 N–H and O–H groups in total. The van der Waals surface area contributed by atoms with E-state index in [4.69, 9.17) is 4.42 Å². The standard InChI is InChI=1S/C17H21NO4/c1-2-12-4-5-15-13(8-12)14(9-22-15)16(20)18-7-3-6-17(21,10-18)11-19/h4-5,8-9,19,21H,2-3,6-7,10-11H2,1H3. The van der Waals surface area contributed by atoms with Gasteiger partial charge < -0.3 is 19.5 Å². The van der Waals surface area contributed by atoms with Gasteiger partial charge >= 0.3 is 0 Å². The van der Waals surface area contributed by atoms with Crippen LogP contribution in [0.3, 0.4) is 0 Å². The molecule has 2 aromatic rings. The number of hydrogen-bond acceptors (Lipinski definition) is 4. The van der Waals surface area contributed by atoms with E-state index < -0.39 is 5.60 Å². The first-order valence-electron chi connectivity index (χ1n) is 7.69. The summed E-state index contributed by atoms with van der Waals surface area (Å²) >= 11 is 0. The number of furan rings is 1. The maximum absolute atomic E-state index is 12.8. The van der Waals surface area contributed by atoms with Crippen LogP contribution < -0.4 is 0 Å². The number of amides is 1. The number of carbonyl (C=O) groups excluding carboxylic acids is 1. The molecule has 0 radical (unpaired) electrons. The second kappa shape index (κ2) is 5.74. The number of aliphatic hydroxyl groups is 2. The number of carbonyl (C=O) groups is 1. The van der Waals surface area contributed by atoms with Gasteiger partial charge in [-0.05, 0) is 37.0 Å². The number of hydrogen-bond donors (Lipinski definition) is 2. The van der Waals surface area contributed by atoms with Crippen molar-refractivity contribution in [2.24, 2.45) is 0 Å². The molecule has 1 saturated heterocycles. The van der Waals surface area contributed by atoms with E-state index in [1.165, 1.54) is 6.26 Å². The number of fused-ring (bicyclic) bond motifs is 1. The zero-order chi connectivity index (χ0) is 15.7. The Hall–Kier alpha value is -1.85. The third-order valence-electron chi connectivity index (χ3n) is 4.41. The third kappa shape index (κ3) is 2.62. The molecule has 1 amide bonds. The number of benzene rings is 1. The van der Waals surface area contributed by atoms with Crippen molar-refractivity contribution in [3.05, 3.63) is 35.6 Å². The van der Waals surface area contributed by atoms with Crippen LogP contribution in [0.15, 0.2) is 28.9 Å². The number of rotatable bonds is 3. The molecule has 5 nitrogen and oxygen atoms in total. The predicted molar refractivity (Wildman–Crippen MR) is 82.8 cm³/mol. The van der Waals surface area contributed by atoms with Gasteiger partial charge in [0, 0.05) is 11.9 Å².